The van der Waals surface area contributed by atoms with E-state index in [0.717, 1.165) is 16.8 Å². The SMILES string of the molecule is Cc1ccc(SN=O)cc1. The highest BCUT2D eigenvalue weighted by molar-refractivity contribution is 7.98. The van der Waals surface area contributed by atoms with E-state index in [1.54, 1.807) is 0 Å². The molecule has 1 aromatic carbocycles. The summed E-state index contributed by atoms with van der Waals surface area (Å²) in [5, 5.41) is 0. The molecule has 2 nitrogen and oxygen atoms in total. The lowest BCUT2D eigenvalue weighted by molar-refractivity contribution is 1.38. The van der Waals surface area contributed by atoms with Crippen molar-refractivity contribution in [3.05, 3.63) is 34.7 Å². The maximum atomic E-state index is 9.77. The molecule has 0 bridgehead atoms. The molecular weight excluding hydrogens is 146 g/mol. The van der Waals surface area contributed by atoms with Gasteiger partial charge < -0.3 is 0 Å². The van der Waals surface area contributed by atoms with Crippen LogP contribution in [-0.4, -0.2) is 0 Å². The van der Waals surface area contributed by atoms with Crippen LogP contribution in [0.4, 0.5) is 0 Å². The van der Waals surface area contributed by atoms with Crippen LogP contribution >= 0.6 is 11.9 Å². The smallest absolute Gasteiger partial charge is 0.0570 e. The molecule has 0 aliphatic carbocycles. The van der Waals surface area contributed by atoms with Crippen LogP contribution in [0.5, 0.6) is 0 Å². The summed E-state index contributed by atoms with van der Waals surface area (Å²) in [5.74, 6) is 0. The van der Waals surface area contributed by atoms with Crippen molar-refractivity contribution < 1.29 is 0 Å². The molecule has 0 spiro atoms. The van der Waals surface area contributed by atoms with E-state index in [2.05, 4.69) is 4.58 Å². The van der Waals surface area contributed by atoms with Gasteiger partial charge in [0, 0.05) is 9.48 Å². The number of rotatable bonds is 2. The van der Waals surface area contributed by atoms with Gasteiger partial charge in [0.25, 0.3) is 0 Å². The summed E-state index contributed by atoms with van der Waals surface area (Å²) in [6.45, 7) is 2.00. The van der Waals surface area contributed by atoms with Gasteiger partial charge in [0.2, 0.25) is 0 Å². The second kappa shape index (κ2) is 3.37. The molecule has 0 fully saturated rings. The molecule has 0 heterocycles. The Hall–Kier alpha value is -0.830. The normalized spacial score (nSPS) is 9.30. The van der Waals surface area contributed by atoms with E-state index in [4.69, 9.17) is 0 Å². The summed E-state index contributed by atoms with van der Waals surface area (Å²) in [6, 6.07) is 7.66. The number of benzene rings is 1. The molecule has 0 radical (unpaired) electrons. The predicted octanol–water partition coefficient (Wildman–Crippen LogP) is 2.77. The highest BCUT2D eigenvalue weighted by Crippen LogP contribution is 2.17. The van der Waals surface area contributed by atoms with Crippen LogP contribution in [0.15, 0.2) is 33.7 Å². The lowest BCUT2D eigenvalue weighted by Crippen LogP contribution is -1.69. The summed E-state index contributed by atoms with van der Waals surface area (Å²) in [4.78, 5) is 10.7. The maximum Gasteiger partial charge on any atom is 0.0570 e. The third-order valence-corrected chi connectivity index (χ3v) is 1.72. The molecule has 0 saturated carbocycles. The molecule has 52 valence electrons. The molecule has 0 atom stereocenters. The van der Waals surface area contributed by atoms with Gasteiger partial charge in [-0.3, -0.25) is 0 Å². The minimum absolute atomic E-state index is 0.889. The summed E-state index contributed by atoms with van der Waals surface area (Å²) >= 11 is 0.953. The molecular formula is C7H7NOS. The fourth-order valence-electron chi connectivity index (χ4n) is 0.642. The van der Waals surface area contributed by atoms with Crippen molar-refractivity contribution in [2.45, 2.75) is 11.8 Å². The van der Waals surface area contributed by atoms with E-state index in [9.17, 15) is 4.91 Å². The molecule has 1 aromatic rings. The van der Waals surface area contributed by atoms with Crippen molar-refractivity contribution in [3.63, 3.8) is 0 Å². The van der Waals surface area contributed by atoms with Gasteiger partial charge in [-0.15, -0.1) is 4.91 Å². The van der Waals surface area contributed by atoms with Crippen molar-refractivity contribution in [1.29, 1.82) is 0 Å². The maximum absolute atomic E-state index is 9.77. The molecule has 3 heteroatoms. The topological polar surface area (TPSA) is 29.4 Å². The number of hydrogen-bond acceptors (Lipinski definition) is 3. The third-order valence-electron chi connectivity index (χ3n) is 1.16. The molecule has 10 heavy (non-hydrogen) atoms. The molecule has 0 N–H and O–H groups in total. The minimum Gasteiger partial charge on any atom is -0.137 e. The van der Waals surface area contributed by atoms with E-state index >= 15 is 0 Å². The van der Waals surface area contributed by atoms with Crippen molar-refractivity contribution >= 4 is 11.9 Å². The van der Waals surface area contributed by atoms with Crippen molar-refractivity contribution in [3.8, 4) is 0 Å². The Morgan fingerprint density at radius 3 is 2.40 bits per heavy atom. The van der Waals surface area contributed by atoms with Gasteiger partial charge in [-0.05, 0) is 19.1 Å². The average molecular weight is 153 g/mol. The van der Waals surface area contributed by atoms with Gasteiger partial charge in [0.15, 0.2) is 0 Å². The summed E-state index contributed by atoms with van der Waals surface area (Å²) in [7, 11) is 0. The average Bonchev–Trinajstić information content (AvgIpc) is 1.95. The monoisotopic (exact) mass is 153 g/mol. The number of hydrogen-bond donors (Lipinski definition) is 0. The van der Waals surface area contributed by atoms with Crippen LogP contribution in [0.3, 0.4) is 0 Å². The number of nitroso groups, excluding NO2 is 1. The van der Waals surface area contributed by atoms with Crippen molar-refractivity contribution in [2.24, 2.45) is 4.58 Å². The van der Waals surface area contributed by atoms with Gasteiger partial charge in [-0.1, -0.05) is 17.7 Å². The number of nitrogens with zero attached hydrogens (tertiary/aromatic N) is 1. The van der Waals surface area contributed by atoms with Crippen LogP contribution in [0, 0.1) is 11.8 Å². The Morgan fingerprint density at radius 2 is 1.90 bits per heavy atom. The van der Waals surface area contributed by atoms with Gasteiger partial charge >= 0.3 is 0 Å². The molecule has 0 aromatic heterocycles. The quantitative estimate of drug-likeness (QED) is 0.483. The lowest BCUT2D eigenvalue weighted by Gasteiger charge is -1.92. The second-order valence-corrected chi connectivity index (χ2v) is 2.78. The zero-order valence-corrected chi connectivity index (χ0v) is 6.39. The van der Waals surface area contributed by atoms with Crippen molar-refractivity contribution in [1.82, 2.24) is 0 Å². The summed E-state index contributed by atoms with van der Waals surface area (Å²) in [5.41, 5.74) is 1.19. The first-order valence-electron chi connectivity index (χ1n) is 2.89. The van der Waals surface area contributed by atoms with E-state index in [-0.39, 0.29) is 0 Å². The zero-order valence-electron chi connectivity index (χ0n) is 5.57. The first-order valence-corrected chi connectivity index (χ1v) is 3.66. The van der Waals surface area contributed by atoms with E-state index in [1.807, 2.05) is 31.2 Å². The van der Waals surface area contributed by atoms with E-state index < -0.39 is 0 Å². The van der Waals surface area contributed by atoms with E-state index in [0.29, 0.717) is 0 Å². The van der Waals surface area contributed by atoms with Crippen LogP contribution in [-0.2, 0) is 0 Å². The fraction of sp³-hybridized carbons (Fsp3) is 0.143. The first kappa shape index (κ1) is 7.28. The molecule has 0 saturated heterocycles. The highest BCUT2D eigenvalue weighted by Gasteiger charge is 1.90. The molecule has 0 unspecified atom stereocenters. The summed E-state index contributed by atoms with van der Waals surface area (Å²) < 4.78 is 2.70. The Morgan fingerprint density at radius 1 is 1.30 bits per heavy atom. The predicted molar refractivity (Wildman–Crippen MR) is 42.8 cm³/mol. The Labute approximate surface area is 63.7 Å². The van der Waals surface area contributed by atoms with Gasteiger partial charge in [-0.25, -0.2) is 0 Å². The van der Waals surface area contributed by atoms with Crippen LogP contribution in [0.25, 0.3) is 0 Å². The standard InChI is InChI=1S/C7H7NOS/c1-6-2-4-7(5-3-6)10-8-9/h2-5H,1H3. The van der Waals surface area contributed by atoms with Crippen LogP contribution in [0.1, 0.15) is 5.56 Å². The van der Waals surface area contributed by atoms with Crippen molar-refractivity contribution in [2.75, 3.05) is 0 Å². The molecule has 0 aliphatic rings. The number of aryl methyl sites for hydroxylation is 1. The molecule has 0 amide bonds. The Balaban J connectivity index is 2.78. The Bertz CT molecular complexity index is 220. The van der Waals surface area contributed by atoms with Gasteiger partial charge in [-0.2, -0.15) is 0 Å². The first-order chi connectivity index (χ1) is 4.83. The minimum atomic E-state index is 0.889. The van der Waals surface area contributed by atoms with Gasteiger partial charge in [0.05, 0.1) is 11.9 Å². The zero-order chi connectivity index (χ0) is 7.40. The Kier molecular flexibility index (Phi) is 2.45. The van der Waals surface area contributed by atoms with Crippen LogP contribution < -0.4 is 0 Å². The largest absolute Gasteiger partial charge is 0.137 e. The third kappa shape index (κ3) is 1.84. The molecule has 1 rings (SSSR count). The molecule has 0 aliphatic heterocycles. The highest BCUT2D eigenvalue weighted by atomic mass is 32.2. The van der Waals surface area contributed by atoms with Crippen LogP contribution in [0.2, 0.25) is 0 Å². The lowest BCUT2D eigenvalue weighted by atomic mass is 10.2. The summed E-state index contributed by atoms with van der Waals surface area (Å²) in [6.07, 6.45) is 0. The second-order valence-electron chi connectivity index (χ2n) is 1.98. The fourth-order valence-corrected chi connectivity index (χ4v) is 0.986. The van der Waals surface area contributed by atoms with Gasteiger partial charge in [0.1, 0.15) is 0 Å². The van der Waals surface area contributed by atoms with E-state index in [1.165, 1.54) is 5.56 Å².